The lowest BCUT2D eigenvalue weighted by Gasteiger charge is -2.25. The van der Waals surface area contributed by atoms with Crippen LogP contribution < -0.4 is 11.1 Å². The number of anilines is 1. The normalized spacial score (nSPS) is 23.2. The molecule has 0 saturated heterocycles. The molecule has 1 amide bonds. The van der Waals surface area contributed by atoms with Crippen LogP contribution in [0.25, 0.3) is 0 Å². The number of benzene rings is 1. The summed E-state index contributed by atoms with van der Waals surface area (Å²) >= 11 is 3.53. The summed E-state index contributed by atoms with van der Waals surface area (Å²) in [7, 11) is 0. The average Bonchev–Trinajstić information content (AvgIpc) is 2.34. The molecule has 1 aliphatic carbocycles. The van der Waals surface area contributed by atoms with Crippen molar-refractivity contribution < 1.29 is 4.79 Å². The van der Waals surface area contributed by atoms with Crippen molar-refractivity contribution in [1.29, 1.82) is 0 Å². The largest absolute Gasteiger partial charge is 0.328 e. The van der Waals surface area contributed by atoms with Crippen LogP contribution in [0.3, 0.4) is 0 Å². The predicted octanol–water partition coefficient (Wildman–Crippen LogP) is 3.52. The number of carbonyl (C=O) groups excluding carboxylic acids is 1. The molecule has 19 heavy (non-hydrogen) atoms. The van der Waals surface area contributed by atoms with Crippen LogP contribution in [0.5, 0.6) is 0 Å². The van der Waals surface area contributed by atoms with Gasteiger partial charge in [-0.15, -0.1) is 0 Å². The van der Waals surface area contributed by atoms with Gasteiger partial charge in [-0.25, -0.2) is 0 Å². The molecule has 0 bridgehead atoms. The van der Waals surface area contributed by atoms with E-state index in [9.17, 15) is 4.79 Å². The van der Waals surface area contributed by atoms with E-state index in [1.807, 2.05) is 19.9 Å². The third-order valence-corrected chi connectivity index (χ3v) is 4.45. The standard InChI is InChI=1S/C15H21BrN2O/c1-9-7-10(2)14(13(16)8-9)18-15(19)11-3-5-12(17)6-4-11/h7-8,11-12H,3-6,17H2,1-2H3,(H,18,19). The maximum Gasteiger partial charge on any atom is 0.227 e. The molecule has 0 spiro atoms. The van der Waals surface area contributed by atoms with Crippen LogP contribution in [-0.2, 0) is 4.79 Å². The zero-order chi connectivity index (χ0) is 14.0. The lowest BCUT2D eigenvalue weighted by Crippen LogP contribution is -2.32. The Balaban J connectivity index is 2.07. The van der Waals surface area contributed by atoms with Gasteiger partial charge in [-0.3, -0.25) is 4.79 Å². The first-order valence-electron chi connectivity index (χ1n) is 6.80. The van der Waals surface area contributed by atoms with Crippen molar-refractivity contribution in [2.75, 3.05) is 5.32 Å². The second kappa shape index (κ2) is 6.06. The quantitative estimate of drug-likeness (QED) is 0.874. The molecule has 0 unspecified atom stereocenters. The van der Waals surface area contributed by atoms with Crippen molar-refractivity contribution in [3.8, 4) is 0 Å². The molecule has 1 aliphatic rings. The van der Waals surface area contributed by atoms with Gasteiger partial charge in [0, 0.05) is 16.4 Å². The minimum absolute atomic E-state index is 0.104. The highest BCUT2D eigenvalue weighted by Crippen LogP contribution is 2.30. The average molecular weight is 325 g/mol. The summed E-state index contributed by atoms with van der Waals surface area (Å²) < 4.78 is 0.950. The molecule has 0 atom stereocenters. The van der Waals surface area contributed by atoms with E-state index >= 15 is 0 Å². The second-order valence-electron chi connectivity index (χ2n) is 5.54. The SMILES string of the molecule is Cc1cc(C)c(NC(=O)C2CCC(N)CC2)c(Br)c1. The van der Waals surface area contributed by atoms with Gasteiger partial charge in [0.1, 0.15) is 0 Å². The van der Waals surface area contributed by atoms with E-state index in [-0.39, 0.29) is 17.9 Å². The van der Waals surface area contributed by atoms with Crippen LogP contribution in [0.15, 0.2) is 16.6 Å². The molecule has 1 aromatic rings. The Bertz CT molecular complexity index is 456. The van der Waals surface area contributed by atoms with Crippen LogP contribution in [0.1, 0.15) is 36.8 Å². The molecule has 0 heterocycles. The van der Waals surface area contributed by atoms with Crippen molar-refractivity contribution in [3.63, 3.8) is 0 Å². The van der Waals surface area contributed by atoms with E-state index < -0.39 is 0 Å². The number of rotatable bonds is 2. The monoisotopic (exact) mass is 324 g/mol. The van der Waals surface area contributed by atoms with Crippen LogP contribution in [0, 0.1) is 19.8 Å². The summed E-state index contributed by atoms with van der Waals surface area (Å²) in [6.45, 7) is 4.07. The van der Waals surface area contributed by atoms with Gasteiger partial charge in [0.25, 0.3) is 0 Å². The van der Waals surface area contributed by atoms with E-state index in [1.54, 1.807) is 0 Å². The highest BCUT2D eigenvalue weighted by atomic mass is 79.9. The third-order valence-electron chi connectivity index (χ3n) is 3.82. The number of amides is 1. The van der Waals surface area contributed by atoms with Crippen LogP contribution in [-0.4, -0.2) is 11.9 Å². The maximum atomic E-state index is 12.3. The topological polar surface area (TPSA) is 55.1 Å². The Labute approximate surface area is 123 Å². The lowest BCUT2D eigenvalue weighted by molar-refractivity contribution is -0.120. The van der Waals surface area contributed by atoms with Crippen molar-refractivity contribution in [1.82, 2.24) is 0 Å². The highest BCUT2D eigenvalue weighted by molar-refractivity contribution is 9.10. The zero-order valence-electron chi connectivity index (χ0n) is 11.5. The molecule has 1 saturated carbocycles. The van der Waals surface area contributed by atoms with E-state index in [0.717, 1.165) is 41.4 Å². The summed E-state index contributed by atoms with van der Waals surface area (Å²) in [5, 5.41) is 3.06. The minimum atomic E-state index is 0.104. The molecule has 0 aliphatic heterocycles. The van der Waals surface area contributed by atoms with Crippen LogP contribution in [0.2, 0.25) is 0 Å². The number of aryl methyl sites for hydroxylation is 2. The number of halogens is 1. The Hall–Kier alpha value is -0.870. The summed E-state index contributed by atoms with van der Waals surface area (Å²) in [5.41, 5.74) is 9.05. The summed E-state index contributed by atoms with van der Waals surface area (Å²) in [6.07, 6.45) is 3.70. The van der Waals surface area contributed by atoms with Crippen LogP contribution >= 0.6 is 15.9 Å². The van der Waals surface area contributed by atoms with E-state index in [2.05, 4.69) is 27.3 Å². The Morgan fingerprint density at radius 3 is 2.47 bits per heavy atom. The van der Waals surface area contributed by atoms with Gasteiger partial charge in [0.05, 0.1) is 5.69 Å². The first kappa shape index (κ1) is 14.5. The van der Waals surface area contributed by atoms with Crippen molar-refractivity contribution in [2.45, 2.75) is 45.6 Å². The molecule has 1 fully saturated rings. The smallest absolute Gasteiger partial charge is 0.227 e. The molecule has 2 rings (SSSR count). The fraction of sp³-hybridized carbons (Fsp3) is 0.533. The molecular formula is C15H21BrN2O. The molecule has 1 aromatic carbocycles. The van der Waals surface area contributed by atoms with Gasteiger partial charge in [-0.2, -0.15) is 0 Å². The lowest BCUT2D eigenvalue weighted by atomic mass is 9.86. The maximum absolute atomic E-state index is 12.3. The van der Waals surface area contributed by atoms with Gasteiger partial charge in [-0.1, -0.05) is 6.07 Å². The minimum Gasteiger partial charge on any atom is -0.328 e. The van der Waals surface area contributed by atoms with Crippen molar-refractivity contribution in [3.05, 3.63) is 27.7 Å². The Morgan fingerprint density at radius 2 is 1.89 bits per heavy atom. The Morgan fingerprint density at radius 1 is 1.26 bits per heavy atom. The van der Waals surface area contributed by atoms with E-state index in [1.165, 1.54) is 5.56 Å². The molecule has 3 N–H and O–H groups in total. The molecule has 104 valence electrons. The molecular weight excluding hydrogens is 304 g/mol. The van der Waals surface area contributed by atoms with Crippen molar-refractivity contribution in [2.24, 2.45) is 11.7 Å². The first-order chi connectivity index (χ1) is 8.97. The Kier molecular flexibility index (Phi) is 4.63. The van der Waals surface area contributed by atoms with Crippen LogP contribution in [0.4, 0.5) is 5.69 Å². The number of nitrogens with one attached hydrogen (secondary N) is 1. The fourth-order valence-corrected chi connectivity index (χ4v) is 3.45. The first-order valence-corrected chi connectivity index (χ1v) is 7.60. The molecule has 0 aromatic heterocycles. The highest BCUT2D eigenvalue weighted by Gasteiger charge is 2.25. The number of carbonyl (C=O) groups is 1. The third kappa shape index (κ3) is 3.57. The fourth-order valence-electron chi connectivity index (χ4n) is 2.68. The number of hydrogen-bond acceptors (Lipinski definition) is 2. The van der Waals surface area contributed by atoms with Crippen molar-refractivity contribution >= 4 is 27.5 Å². The van der Waals surface area contributed by atoms with Gasteiger partial charge in [-0.05, 0) is 72.7 Å². The number of hydrogen-bond donors (Lipinski definition) is 2. The summed E-state index contributed by atoms with van der Waals surface area (Å²) in [4.78, 5) is 12.3. The van der Waals surface area contributed by atoms with E-state index in [4.69, 9.17) is 5.73 Å². The van der Waals surface area contributed by atoms with Gasteiger partial charge < -0.3 is 11.1 Å². The molecule has 3 nitrogen and oxygen atoms in total. The summed E-state index contributed by atoms with van der Waals surface area (Å²) in [5.74, 6) is 0.229. The second-order valence-corrected chi connectivity index (χ2v) is 6.39. The van der Waals surface area contributed by atoms with Gasteiger partial charge in [0.15, 0.2) is 0 Å². The predicted molar refractivity (Wildman–Crippen MR) is 82.2 cm³/mol. The van der Waals surface area contributed by atoms with Gasteiger partial charge in [0.2, 0.25) is 5.91 Å². The molecule has 4 heteroatoms. The molecule has 0 radical (unpaired) electrons. The summed E-state index contributed by atoms with van der Waals surface area (Å²) in [6, 6.07) is 4.38. The van der Waals surface area contributed by atoms with E-state index in [0.29, 0.717) is 0 Å². The van der Waals surface area contributed by atoms with Gasteiger partial charge >= 0.3 is 0 Å². The number of nitrogens with two attached hydrogens (primary N) is 1. The zero-order valence-corrected chi connectivity index (χ0v) is 13.1.